The molecule has 3 N–H and O–H groups in total. The van der Waals surface area contributed by atoms with Crippen molar-refractivity contribution in [3.63, 3.8) is 0 Å². The van der Waals surface area contributed by atoms with Crippen LogP contribution in [0.15, 0.2) is 18.2 Å². The van der Waals surface area contributed by atoms with E-state index < -0.39 is 5.82 Å². The Bertz CT molecular complexity index is 541. The Balaban J connectivity index is 2.07. The van der Waals surface area contributed by atoms with Crippen molar-refractivity contribution in [3.05, 3.63) is 35.1 Å². The average Bonchev–Trinajstić information content (AvgIpc) is 3.21. The molecule has 1 saturated carbocycles. The van der Waals surface area contributed by atoms with E-state index in [1.54, 1.807) is 6.07 Å². The van der Waals surface area contributed by atoms with Crippen molar-refractivity contribution >= 4 is 5.91 Å². The van der Waals surface area contributed by atoms with Crippen LogP contribution in [0, 0.1) is 23.6 Å². The van der Waals surface area contributed by atoms with Gasteiger partial charge in [0.2, 0.25) is 0 Å². The van der Waals surface area contributed by atoms with E-state index in [0.717, 1.165) is 12.8 Å². The van der Waals surface area contributed by atoms with E-state index in [1.807, 2.05) is 6.92 Å². The second-order valence-electron chi connectivity index (χ2n) is 4.80. The molecule has 1 aliphatic carbocycles. The SMILES string of the molecule is CC(NC(=O)c1ccc(C#CCN)c(F)c1)C1CC1. The van der Waals surface area contributed by atoms with Gasteiger partial charge in [-0.15, -0.1) is 0 Å². The van der Waals surface area contributed by atoms with Crippen LogP contribution in [-0.4, -0.2) is 18.5 Å². The summed E-state index contributed by atoms with van der Waals surface area (Å²) < 4.78 is 13.7. The average molecular weight is 260 g/mol. The zero-order valence-electron chi connectivity index (χ0n) is 10.9. The molecule has 0 saturated heterocycles. The van der Waals surface area contributed by atoms with Gasteiger partial charge >= 0.3 is 0 Å². The molecule has 4 heteroatoms. The summed E-state index contributed by atoms with van der Waals surface area (Å²) in [5, 5.41) is 2.89. The fourth-order valence-electron chi connectivity index (χ4n) is 1.91. The molecule has 1 unspecified atom stereocenters. The topological polar surface area (TPSA) is 55.1 Å². The summed E-state index contributed by atoms with van der Waals surface area (Å²) in [6, 6.07) is 4.45. The summed E-state index contributed by atoms with van der Waals surface area (Å²) >= 11 is 0. The molecule has 0 aromatic heterocycles. The molecule has 1 aliphatic rings. The van der Waals surface area contributed by atoms with Gasteiger partial charge in [0, 0.05) is 11.6 Å². The van der Waals surface area contributed by atoms with Crippen LogP contribution in [-0.2, 0) is 0 Å². The molecule has 1 aromatic carbocycles. The third-order valence-corrected chi connectivity index (χ3v) is 3.24. The van der Waals surface area contributed by atoms with Crippen LogP contribution in [0.2, 0.25) is 0 Å². The molecule has 1 fully saturated rings. The highest BCUT2D eigenvalue weighted by Crippen LogP contribution is 2.32. The van der Waals surface area contributed by atoms with Crippen LogP contribution in [0.1, 0.15) is 35.7 Å². The molecule has 3 nitrogen and oxygen atoms in total. The number of amides is 1. The van der Waals surface area contributed by atoms with Gasteiger partial charge in [-0.1, -0.05) is 11.8 Å². The Morgan fingerprint density at radius 1 is 1.58 bits per heavy atom. The smallest absolute Gasteiger partial charge is 0.251 e. The van der Waals surface area contributed by atoms with Crippen LogP contribution >= 0.6 is 0 Å². The van der Waals surface area contributed by atoms with Crippen molar-refractivity contribution in [3.8, 4) is 11.8 Å². The summed E-state index contributed by atoms with van der Waals surface area (Å²) in [5.74, 6) is 5.05. The number of carbonyl (C=O) groups excluding carboxylic acids is 1. The summed E-state index contributed by atoms with van der Waals surface area (Å²) in [6.45, 7) is 2.16. The Morgan fingerprint density at radius 2 is 2.32 bits per heavy atom. The van der Waals surface area contributed by atoms with Gasteiger partial charge < -0.3 is 11.1 Å². The Morgan fingerprint density at radius 3 is 2.89 bits per heavy atom. The lowest BCUT2D eigenvalue weighted by molar-refractivity contribution is 0.0935. The lowest BCUT2D eigenvalue weighted by Gasteiger charge is -2.12. The molecule has 0 spiro atoms. The predicted molar refractivity (Wildman–Crippen MR) is 72.0 cm³/mol. The molecule has 19 heavy (non-hydrogen) atoms. The van der Waals surface area contributed by atoms with Crippen molar-refractivity contribution in [2.75, 3.05) is 6.54 Å². The third kappa shape index (κ3) is 3.55. The highest BCUT2D eigenvalue weighted by atomic mass is 19.1. The molecule has 0 radical (unpaired) electrons. The monoisotopic (exact) mass is 260 g/mol. The molecule has 100 valence electrons. The van der Waals surface area contributed by atoms with Crippen LogP contribution in [0.25, 0.3) is 0 Å². The van der Waals surface area contributed by atoms with Crippen LogP contribution < -0.4 is 11.1 Å². The van der Waals surface area contributed by atoms with Crippen molar-refractivity contribution in [2.45, 2.75) is 25.8 Å². The second kappa shape index (κ2) is 5.85. The number of benzene rings is 1. The van der Waals surface area contributed by atoms with Crippen LogP contribution in [0.4, 0.5) is 4.39 Å². The van der Waals surface area contributed by atoms with Gasteiger partial charge in [0.05, 0.1) is 12.1 Å². The molecule has 1 atom stereocenters. The first kappa shape index (κ1) is 13.6. The van der Waals surface area contributed by atoms with E-state index in [4.69, 9.17) is 5.73 Å². The van der Waals surface area contributed by atoms with Crippen LogP contribution in [0.5, 0.6) is 0 Å². The highest BCUT2D eigenvalue weighted by Gasteiger charge is 2.29. The van der Waals surface area contributed by atoms with E-state index in [0.29, 0.717) is 11.5 Å². The van der Waals surface area contributed by atoms with Gasteiger partial charge in [-0.2, -0.15) is 0 Å². The number of halogens is 1. The van der Waals surface area contributed by atoms with E-state index in [-0.39, 0.29) is 24.1 Å². The largest absolute Gasteiger partial charge is 0.349 e. The quantitative estimate of drug-likeness (QED) is 0.812. The number of rotatable bonds is 3. The summed E-state index contributed by atoms with van der Waals surface area (Å²) in [7, 11) is 0. The normalized spacial score (nSPS) is 15.3. The molecule has 1 aromatic rings. The zero-order chi connectivity index (χ0) is 13.8. The minimum Gasteiger partial charge on any atom is -0.349 e. The second-order valence-corrected chi connectivity index (χ2v) is 4.80. The molecular weight excluding hydrogens is 243 g/mol. The van der Waals surface area contributed by atoms with Crippen molar-refractivity contribution in [1.82, 2.24) is 5.32 Å². The van der Waals surface area contributed by atoms with Gasteiger partial charge in [0.25, 0.3) is 5.91 Å². The first-order valence-corrected chi connectivity index (χ1v) is 6.41. The number of carbonyl (C=O) groups is 1. The first-order valence-electron chi connectivity index (χ1n) is 6.41. The Kier molecular flexibility index (Phi) is 4.18. The van der Waals surface area contributed by atoms with Crippen molar-refractivity contribution in [1.29, 1.82) is 0 Å². The highest BCUT2D eigenvalue weighted by molar-refractivity contribution is 5.94. The van der Waals surface area contributed by atoms with E-state index in [1.165, 1.54) is 12.1 Å². The maximum atomic E-state index is 13.7. The number of nitrogens with two attached hydrogens (primary N) is 1. The van der Waals surface area contributed by atoms with E-state index in [2.05, 4.69) is 17.2 Å². The van der Waals surface area contributed by atoms with Gasteiger partial charge in [-0.25, -0.2) is 4.39 Å². The lowest BCUT2D eigenvalue weighted by atomic mass is 10.1. The lowest BCUT2D eigenvalue weighted by Crippen LogP contribution is -2.34. The maximum Gasteiger partial charge on any atom is 0.251 e. The number of nitrogens with one attached hydrogen (secondary N) is 1. The molecule has 0 heterocycles. The molecular formula is C15H17FN2O. The van der Waals surface area contributed by atoms with Crippen molar-refractivity contribution in [2.24, 2.45) is 11.7 Å². The van der Waals surface area contributed by atoms with Gasteiger partial charge in [0.1, 0.15) is 5.82 Å². The first-order chi connectivity index (χ1) is 9.11. The van der Waals surface area contributed by atoms with Crippen molar-refractivity contribution < 1.29 is 9.18 Å². The van der Waals surface area contributed by atoms with E-state index >= 15 is 0 Å². The fraction of sp³-hybridized carbons (Fsp3) is 0.400. The maximum absolute atomic E-state index is 13.7. The summed E-state index contributed by atoms with van der Waals surface area (Å²) in [4.78, 5) is 11.9. The van der Waals surface area contributed by atoms with Gasteiger partial charge in [-0.05, 0) is 43.9 Å². The molecule has 0 bridgehead atoms. The molecule has 1 amide bonds. The molecule has 2 rings (SSSR count). The standard InChI is InChI=1S/C15H17FN2O/c1-10(11-4-5-11)18-15(19)13-7-6-12(3-2-8-17)14(16)9-13/h6-7,9-11H,4-5,8,17H2,1H3,(H,18,19). The fourth-order valence-corrected chi connectivity index (χ4v) is 1.91. The summed E-state index contributed by atoms with van der Waals surface area (Å²) in [6.07, 6.45) is 2.31. The summed E-state index contributed by atoms with van der Waals surface area (Å²) in [5.41, 5.74) is 5.82. The van der Waals surface area contributed by atoms with Crippen LogP contribution in [0.3, 0.4) is 0 Å². The third-order valence-electron chi connectivity index (χ3n) is 3.24. The minimum absolute atomic E-state index is 0.146. The van der Waals surface area contributed by atoms with Gasteiger partial charge in [0.15, 0.2) is 0 Å². The minimum atomic E-state index is -0.493. The number of hydrogen-bond donors (Lipinski definition) is 2. The van der Waals surface area contributed by atoms with E-state index in [9.17, 15) is 9.18 Å². The zero-order valence-corrected chi connectivity index (χ0v) is 10.9. The molecule has 0 aliphatic heterocycles. The number of hydrogen-bond acceptors (Lipinski definition) is 2. The van der Waals surface area contributed by atoms with Gasteiger partial charge in [-0.3, -0.25) is 4.79 Å². The Labute approximate surface area is 112 Å². The predicted octanol–water partition coefficient (Wildman–Crippen LogP) is 1.66. The Hall–Kier alpha value is -1.86.